The van der Waals surface area contributed by atoms with Crippen LogP contribution >= 0.6 is 0 Å². The molecule has 0 aliphatic carbocycles. The number of carbonyl (C=O) groups is 1. The first-order chi connectivity index (χ1) is 10.6. The Balaban J connectivity index is 1.76. The van der Waals surface area contributed by atoms with Crippen LogP contribution in [0.15, 0.2) is 42.7 Å². The van der Waals surface area contributed by atoms with E-state index >= 15 is 0 Å². The zero-order valence-corrected chi connectivity index (χ0v) is 11.1. The Hall–Kier alpha value is -3.49. The van der Waals surface area contributed by atoms with Crippen LogP contribution < -0.4 is 10.9 Å². The molecule has 22 heavy (non-hydrogen) atoms. The largest absolute Gasteiger partial charge is 0.346 e. The molecule has 0 aliphatic rings. The van der Waals surface area contributed by atoms with Gasteiger partial charge in [-0.15, -0.1) is 0 Å². The summed E-state index contributed by atoms with van der Waals surface area (Å²) in [6, 6.07) is 7.85. The third-order valence-corrected chi connectivity index (χ3v) is 2.92. The quantitative estimate of drug-likeness (QED) is 0.496. The molecule has 1 amide bonds. The molecule has 3 rings (SSSR count). The van der Waals surface area contributed by atoms with Crippen LogP contribution in [0.2, 0.25) is 0 Å². The van der Waals surface area contributed by atoms with E-state index in [1.807, 2.05) is 6.07 Å². The molecule has 0 aliphatic heterocycles. The van der Waals surface area contributed by atoms with E-state index in [2.05, 4.69) is 25.8 Å². The molecule has 3 aromatic heterocycles. The number of nitrogens with zero attached hydrogens (tertiary/aromatic N) is 3. The molecule has 9 nitrogen and oxygen atoms in total. The molecule has 0 saturated carbocycles. The summed E-state index contributed by atoms with van der Waals surface area (Å²) in [7, 11) is 0. The van der Waals surface area contributed by atoms with Gasteiger partial charge in [0.1, 0.15) is 11.3 Å². The number of aromatic amines is 1. The molecule has 0 bridgehead atoms. The molecule has 0 aromatic carbocycles. The van der Waals surface area contributed by atoms with E-state index in [9.17, 15) is 14.9 Å². The minimum atomic E-state index is -0.593. The van der Waals surface area contributed by atoms with Crippen molar-refractivity contribution in [3.63, 3.8) is 0 Å². The number of nitro groups is 1. The number of pyridine rings is 2. The van der Waals surface area contributed by atoms with Crippen LogP contribution in [0.25, 0.3) is 11.0 Å². The number of rotatable bonds is 4. The minimum Gasteiger partial charge on any atom is -0.346 e. The number of aromatic nitrogens is 3. The summed E-state index contributed by atoms with van der Waals surface area (Å²) in [5.74, 6) is -0.585. The highest BCUT2D eigenvalue weighted by atomic mass is 16.6. The molecule has 0 unspecified atom stereocenters. The molecule has 0 saturated heterocycles. The zero-order chi connectivity index (χ0) is 15.5. The maximum absolute atomic E-state index is 12.0. The third kappa shape index (κ3) is 2.54. The average molecular weight is 298 g/mol. The lowest BCUT2D eigenvalue weighted by atomic mass is 10.3. The minimum absolute atomic E-state index is 0.0539. The highest BCUT2D eigenvalue weighted by Crippen LogP contribution is 2.19. The van der Waals surface area contributed by atoms with Gasteiger partial charge in [0.05, 0.1) is 4.92 Å². The van der Waals surface area contributed by atoms with Gasteiger partial charge in [0.25, 0.3) is 5.91 Å². The Kier molecular flexibility index (Phi) is 3.36. The lowest BCUT2D eigenvalue weighted by Crippen LogP contribution is -2.30. The molecule has 9 heteroatoms. The highest BCUT2D eigenvalue weighted by molar-refractivity contribution is 5.95. The summed E-state index contributed by atoms with van der Waals surface area (Å²) in [5.41, 5.74) is 5.27. The van der Waals surface area contributed by atoms with Gasteiger partial charge >= 0.3 is 5.69 Å². The standard InChI is InChI=1S/C13H10N6O3/c20-13(9-4-3-8-5-7-15-11(8)16-9)18-17-12-10(19(21)22)2-1-6-14-12/h1-7H,(H,14,17)(H,15,16)(H,18,20). The van der Waals surface area contributed by atoms with Crippen molar-refractivity contribution < 1.29 is 9.72 Å². The van der Waals surface area contributed by atoms with Crippen LogP contribution in [0.3, 0.4) is 0 Å². The van der Waals surface area contributed by atoms with E-state index in [1.165, 1.54) is 18.3 Å². The number of anilines is 1. The van der Waals surface area contributed by atoms with Gasteiger partial charge in [-0.05, 0) is 24.3 Å². The first kappa shape index (κ1) is 13.5. The van der Waals surface area contributed by atoms with Gasteiger partial charge in [0.2, 0.25) is 5.82 Å². The molecule has 0 fully saturated rings. The van der Waals surface area contributed by atoms with Crippen LogP contribution in [0, 0.1) is 10.1 Å². The number of hydrazine groups is 1. The van der Waals surface area contributed by atoms with E-state index in [0.717, 1.165) is 5.39 Å². The highest BCUT2D eigenvalue weighted by Gasteiger charge is 2.15. The first-order valence-corrected chi connectivity index (χ1v) is 6.25. The number of hydrogen-bond acceptors (Lipinski definition) is 6. The number of fused-ring (bicyclic) bond motifs is 1. The van der Waals surface area contributed by atoms with Gasteiger partial charge in [0, 0.05) is 23.8 Å². The maximum atomic E-state index is 12.0. The lowest BCUT2D eigenvalue weighted by Gasteiger charge is -2.07. The molecule has 0 atom stereocenters. The Morgan fingerprint density at radius 1 is 1.27 bits per heavy atom. The van der Waals surface area contributed by atoms with Crippen LogP contribution in [0.5, 0.6) is 0 Å². The van der Waals surface area contributed by atoms with E-state index in [1.54, 1.807) is 18.3 Å². The number of carbonyl (C=O) groups excluding carboxylic acids is 1. The monoisotopic (exact) mass is 298 g/mol. The number of H-pyrrole nitrogens is 1. The number of amides is 1. The number of nitrogens with one attached hydrogen (secondary N) is 3. The fourth-order valence-electron chi connectivity index (χ4n) is 1.88. The van der Waals surface area contributed by atoms with Crippen LogP contribution in [-0.4, -0.2) is 25.8 Å². The van der Waals surface area contributed by atoms with Crippen LogP contribution in [0.4, 0.5) is 11.5 Å². The average Bonchev–Trinajstić information content (AvgIpc) is 3.00. The number of hydrogen-bond donors (Lipinski definition) is 3. The summed E-state index contributed by atoms with van der Waals surface area (Å²) in [5, 5.41) is 11.7. The third-order valence-electron chi connectivity index (χ3n) is 2.92. The summed E-state index contributed by atoms with van der Waals surface area (Å²) in [6.45, 7) is 0. The molecule has 0 radical (unpaired) electrons. The normalized spacial score (nSPS) is 10.4. The summed E-state index contributed by atoms with van der Waals surface area (Å²) in [4.78, 5) is 33.1. The lowest BCUT2D eigenvalue weighted by molar-refractivity contribution is -0.384. The SMILES string of the molecule is O=C(NNc1ncccc1[N+](=O)[O-])c1ccc2cc[nH]c2n1. The van der Waals surface area contributed by atoms with Crippen molar-refractivity contribution in [3.05, 3.63) is 58.5 Å². The Morgan fingerprint density at radius 3 is 2.95 bits per heavy atom. The molecule has 110 valence electrons. The Morgan fingerprint density at radius 2 is 2.14 bits per heavy atom. The Bertz CT molecular complexity index is 860. The zero-order valence-electron chi connectivity index (χ0n) is 11.1. The second kappa shape index (κ2) is 5.48. The van der Waals surface area contributed by atoms with Gasteiger partial charge in [0.15, 0.2) is 0 Å². The van der Waals surface area contributed by atoms with Gasteiger partial charge in [-0.1, -0.05) is 0 Å². The summed E-state index contributed by atoms with van der Waals surface area (Å²) < 4.78 is 0. The van der Waals surface area contributed by atoms with Crippen molar-refractivity contribution in [3.8, 4) is 0 Å². The second-order valence-electron chi connectivity index (χ2n) is 4.32. The van der Waals surface area contributed by atoms with E-state index in [0.29, 0.717) is 5.65 Å². The molecular weight excluding hydrogens is 288 g/mol. The van der Waals surface area contributed by atoms with Gasteiger partial charge in [-0.3, -0.25) is 25.8 Å². The Labute approximate surface area is 123 Å². The van der Waals surface area contributed by atoms with E-state index < -0.39 is 10.8 Å². The van der Waals surface area contributed by atoms with E-state index in [-0.39, 0.29) is 17.2 Å². The molecular formula is C13H10N6O3. The first-order valence-electron chi connectivity index (χ1n) is 6.25. The van der Waals surface area contributed by atoms with Crippen LogP contribution in [0.1, 0.15) is 10.5 Å². The van der Waals surface area contributed by atoms with Crippen LogP contribution in [-0.2, 0) is 0 Å². The van der Waals surface area contributed by atoms with Crippen molar-refractivity contribution in [1.29, 1.82) is 0 Å². The molecule has 0 spiro atoms. The topological polar surface area (TPSA) is 126 Å². The van der Waals surface area contributed by atoms with Gasteiger partial charge < -0.3 is 4.98 Å². The smallest absolute Gasteiger partial charge is 0.313 e. The van der Waals surface area contributed by atoms with E-state index in [4.69, 9.17) is 0 Å². The summed E-state index contributed by atoms with van der Waals surface area (Å²) in [6.07, 6.45) is 3.10. The molecule has 3 aromatic rings. The van der Waals surface area contributed by atoms with Gasteiger partial charge in [-0.25, -0.2) is 9.97 Å². The molecule has 3 heterocycles. The fourth-order valence-corrected chi connectivity index (χ4v) is 1.88. The van der Waals surface area contributed by atoms with Crippen molar-refractivity contribution in [2.75, 3.05) is 5.43 Å². The predicted molar refractivity (Wildman–Crippen MR) is 78.1 cm³/mol. The predicted octanol–water partition coefficient (Wildman–Crippen LogP) is 1.62. The fraction of sp³-hybridized carbons (Fsp3) is 0. The second-order valence-corrected chi connectivity index (χ2v) is 4.32. The van der Waals surface area contributed by atoms with Crippen molar-refractivity contribution in [2.45, 2.75) is 0 Å². The van der Waals surface area contributed by atoms with Crippen molar-refractivity contribution >= 4 is 28.4 Å². The molecule has 3 N–H and O–H groups in total. The maximum Gasteiger partial charge on any atom is 0.313 e. The van der Waals surface area contributed by atoms with Gasteiger partial charge in [-0.2, -0.15) is 0 Å². The van der Waals surface area contributed by atoms with Crippen molar-refractivity contribution in [2.24, 2.45) is 0 Å². The summed E-state index contributed by atoms with van der Waals surface area (Å²) >= 11 is 0. The van der Waals surface area contributed by atoms with Crippen molar-refractivity contribution in [1.82, 2.24) is 20.4 Å².